The van der Waals surface area contributed by atoms with Gasteiger partial charge in [0, 0.05) is 0 Å². The summed E-state index contributed by atoms with van der Waals surface area (Å²) in [4.78, 5) is 10.1. The van der Waals surface area contributed by atoms with Crippen molar-refractivity contribution in [2.24, 2.45) is 0 Å². The predicted octanol–water partition coefficient (Wildman–Crippen LogP) is 0.474. The van der Waals surface area contributed by atoms with E-state index in [1.807, 2.05) is 0 Å². The Morgan fingerprint density at radius 1 is 1.45 bits per heavy atom. The highest BCUT2D eigenvalue weighted by atomic mass is 19.4. The Bertz CT molecular complexity index is 131. The Morgan fingerprint density at radius 2 is 2.00 bits per heavy atom. The second-order valence-corrected chi connectivity index (χ2v) is 1.74. The van der Waals surface area contributed by atoms with Crippen LogP contribution in [-0.2, 0) is 9.53 Å². The average molecular weight is 172 g/mol. The molecule has 11 heavy (non-hydrogen) atoms. The van der Waals surface area contributed by atoms with Crippen LogP contribution in [0.5, 0.6) is 0 Å². The van der Waals surface area contributed by atoms with Crippen molar-refractivity contribution < 1.29 is 27.8 Å². The molecule has 0 aliphatic rings. The van der Waals surface area contributed by atoms with Crippen molar-refractivity contribution in [1.82, 2.24) is 0 Å². The standard InChI is InChI=1S/C5H7F3O3/c6-5(7,8)1-2-11-4(10)3-9/h9H,1-3H2. The fourth-order valence-electron chi connectivity index (χ4n) is 0.326. The van der Waals surface area contributed by atoms with Gasteiger partial charge in [-0.05, 0) is 0 Å². The number of carbonyl (C=O) groups is 1. The maximum Gasteiger partial charge on any atom is 0.392 e. The molecular weight excluding hydrogens is 165 g/mol. The zero-order chi connectivity index (χ0) is 8.91. The summed E-state index contributed by atoms with van der Waals surface area (Å²) in [5.41, 5.74) is 0. The summed E-state index contributed by atoms with van der Waals surface area (Å²) in [6, 6.07) is 0. The van der Waals surface area contributed by atoms with E-state index in [4.69, 9.17) is 5.11 Å². The summed E-state index contributed by atoms with van der Waals surface area (Å²) in [5, 5.41) is 8.01. The number of hydrogen-bond donors (Lipinski definition) is 1. The third-order valence-corrected chi connectivity index (χ3v) is 0.778. The van der Waals surface area contributed by atoms with Gasteiger partial charge in [-0.1, -0.05) is 0 Å². The molecule has 66 valence electrons. The van der Waals surface area contributed by atoms with Gasteiger partial charge in [0.25, 0.3) is 0 Å². The number of aliphatic hydroxyl groups excluding tert-OH is 1. The van der Waals surface area contributed by atoms with E-state index in [1.54, 1.807) is 0 Å². The number of rotatable bonds is 3. The summed E-state index contributed by atoms with van der Waals surface area (Å²) in [6.07, 6.45) is -5.51. The Balaban J connectivity index is 3.35. The van der Waals surface area contributed by atoms with Crippen molar-refractivity contribution in [3.05, 3.63) is 0 Å². The minimum Gasteiger partial charge on any atom is -0.464 e. The number of hydrogen-bond acceptors (Lipinski definition) is 3. The molecule has 0 heterocycles. The number of ether oxygens (including phenoxy) is 1. The molecule has 0 amide bonds. The highest BCUT2D eigenvalue weighted by Crippen LogP contribution is 2.18. The van der Waals surface area contributed by atoms with Crippen molar-refractivity contribution in [3.8, 4) is 0 Å². The van der Waals surface area contributed by atoms with Gasteiger partial charge in [0.2, 0.25) is 0 Å². The van der Waals surface area contributed by atoms with E-state index in [1.165, 1.54) is 0 Å². The van der Waals surface area contributed by atoms with Gasteiger partial charge in [-0.15, -0.1) is 0 Å². The van der Waals surface area contributed by atoms with E-state index in [-0.39, 0.29) is 0 Å². The summed E-state index contributed by atoms with van der Waals surface area (Å²) in [6.45, 7) is -1.62. The summed E-state index contributed by atoms with van der Waals surface area (Å²) >= 11 is 0. The Morgan fingerprint density at radius 3 is 2.36 bits per heavy atom. The van der Waals surface area contributed by atoms with Gasteiger partial charge in [-0.25, -0.2) is 4.79 Å². The topological polar surface area (TPSA) is 46.5 Å². The molecule has 1 N–H and O–H groups in total. The fourth-order valence-corrected chi connectivity index (χ4v) is 0.326. The molecule has 0 rings (SSSR count). The molecule has 0 saturated heterocycles. The van der Waals surface area contributed by atoms with Crippen LogP contribution in [0.4, 0.5) is 13.2 Å². The lowest BCUT2D eigenvalue weighted by atomic mass is 10.4. The van der Waals surface area contributed by atoms with Gasteiger partial charge in [0.15, 0.2) is 0 Å². The van der Waals surface area contributed by atoms with Crippen LogP contribution in [0.15, 0.2) is 0 Å². The lowest BCUT2D eigenvalue weighted by molar-refractivity contribution is -0.161. The molecule has 0 unspecified atom stereocenters. The summed E-state index contributed by atoms with van der Waals surface area (Å²) < 4.78 is 38.0. The van der Waals surface area contributed by atoms with Crippen LogP contribution in [0.1, 0.15) is 6.42 Å². The molecule has 0 saturated carbocycles. The maximum atomic E-state index is 11.4. The molecule has 0 spiro atoms. The second kappa shape index (κ2) is 4.17. The molecule has 0 atom stereocenters. The molecule has 6 heteroatoms. The van der Waals surface area contributed by atoms with E-state index in [0.717, 1.165) is 0 Å². The maximum absolute atomic E-state index is 11.4. The zero-order valence-corrected chi connectivity index (χ0v) is 5.52. The van der Waals surface area contributed by atoms with Crippen LogP contribution in [-0.4, -0.2) is 30.5 Å². The monoisotopic (exact) mass is 172 g/mol. The van der Waals surface area contributed by atoms with Crippen molar-refractivity contribution in [3.63, 3.8) is 0 Å². The molecule has 0 aliphatic carbocycles. The van der Waals surface area contributed by atoms with Gasteiger partial charge in [-0.3, -0.25) is 0 Å². The van der Waals surface area contributed by atoms with Crippen LogP contribution in [0.2, 0.25) is 0 Å². The van der Waals surface area contributed by atoms with E-state index < -0.39 is 31.8 Å². The lowest BCUT2D eigenvalue weighted by Crippen LogP contribution is -2.16. The number of carbonyl (C=O) groups excluding carboxylic acids is 1. The summed E-state index contributed by atoms with van der Waals surface area (Å²) in [5.74, 6) is -1.05. The number of esters is 1. The minimum absolute atomic E-state index is 0.733. The highest BCUT2D eigenvalue weighted by Gasteiger charge is 2.27. The van der Waals surface area contributed by atoms with Crippen molar-refractivity contribution in [2.75, 3.05) is 13.2 Å². The van der Waals surface area contributed by atoms with Gasteiger partial charge < -0.3 is 9.84 Å². The van der Waals surface area contributed by atoms with E-state index in [0.29, 0.717) is 0 Å². The predicted molar refractivity (Wildman–Crippen MR) is 28.7 cm³/mol. The molecule has 0 aliphatic heterocycles. The van der Waals surface area contributed by atoms with Crippen LogP contribution < -0.4 is 0 Å². The van der Waals surface area contributed by atoms with Gasteiger partial charge >= 0.3 is 12.1 Å². The molecule has 0 fully saturated rings. The van der Waals surface area contributed by atoms with Crippen LogP contribution >= 0.6 is 0 Å². The Labute approximate surface area is 60.8 Å². The number of alkyl halides is 3. The quantitative estimate of drug-likeness (QED) is 0.629. The molecule has 3 nitrogen and oxygen atoms in total. The Hall–Kier alpha value is -0.780. The molecule has 0 aromatic heterocycles. The number of halogens is 3. The van der Waals surface area contributed by atoms with Crippen molar-refractivity contribution in [1.29, 1.82) is 0 Å². The third kappa shape index (κ3) is 7.11. The van der Waals surface area contributed by atoms with E-state index in [9.17, 15) is 18.0 Å². The first kappa shape index (κ1) is 10.2. The molecule has 0 radical (unpaired) electrons. The van der Waals surface area contributed by atoms with Gasteiger partial charge in [-0.2, -0.15) is 13.2 Å². The molecule has 0 bridgehead atoms. The van der Waals surface area contributed by atoms with E-state index in [2.05, 4.69) is 4.74 Å². The largest absolute Gasteiger partial charge is 0.464 e. The molecule has 0 aromatic rings. The minimum atomic E-state index is -4.32. The highest BCUT2D eigenvalue weighted by molar-refractivity contribution is 5.70. The zero-order valence-electron chi connectivity index (χ0n) is 5.52. The lowest BCUT2D eigenvalue weighted by Gasteiger charge is -2.05. The molecular formula is C5H7F3O3. The SMILES string of the molecule is O=C(CO)OCCC(F)(F)F. The van der Waals surface area contributed by atoms with Crippen molar-refractivity contribution in [2.45, 2.75) is 12.6 Å². The number of aliphatic hydroxyl groups is 1. The first-order valence-electron chi connectivity index (χ1n) is 2.79. The van der Waals surface area contributed by atoms with Crippen molar-refractivity contribution >= 4 is 5.97 Å². The summed E-state index contributed by atoms with van der Waals surface area (Å²) in [7, 11) is 0. The van der Waals surface area contributed by atoms with Crippen LogP contribution in [0.25, 0.3) is 0 Å². The fraction of sp³-hybridized carbons (Fsp3) is 0.800. The first-order valence-corrected chi connectivity index (χ1v) is 2.79. The smallest absolute Gasteiger partial charge is 0.392 e. The van der Waals surface area contributed by atoms with Gasteiger partial charge in [0.05, 0.1) is 6.42 Å². The van der Waals surface area contributed by atoms with Gasteiger partial charge in [0.1, 0.15) is 13.2 Å². The normalized spacial score (nSPS) is 11.3. The first-order chi connectivity index (χ1) is 4.95. The average Bonchev–Trinajstić information content (AvgIpc) is 1.85. The Kier molecular flexibility index (Phi) is 3.88. The van der Waals surface area contributed by atoms with Crippen LogP contribution in [0, 0.1) is 0 Å². The van der Waals surface area contributed by atoms with Crippen LogP contribution in [0.3, 0.4) is 0 Å². The van der Waals surface area contributed by atoms with E-state index >= 15 is 0 Å². The molecule has 0 aromatic carbocycles. The second-order valence-electron chi connectivity index (χ2n) is 1.74. The third-order valence-electron chi connectivity index (χ3n) is 0.778.